The van der Waals surface area contributed by atoms with Crippen LogP contribution in [0.4, 0.5) is 0 Å². The summed E-state index contributed by atoms with van der Waals surface area (Å²) in [7, 11) is 0. The first kappa shape index (κ1) is 14.6. The molecule has 110 valence electrons. The van der Waals surface area contributed by atoms with Crippen LogP contribution in [0.1, 0.15) is 52.7 Å². The van der Waals surface area contributed by atoms with Gasteiger partial charge in [-0.3, -0.25) is 0 Å². The summed E-state index contributed by atoms with van der Waals surface area (Å²) in [6, 6.07) is 13.9. The highest BCUT2D eigenvalue weighted by Crippen LogP contribution is 2.38. The zero-order valence-corrected chi connectivity index (χ0v) is 14.7. The van der Waals surface area contributed by atoms with E-state index in [1.807, 2.05) is 11.3 Å². The molecule has 0 nitrogen and oxygen atoms in total. The Labute approximate surface area is 131 Å². The van der Waals surface area contributed by atoms with Crippen LogP contribution in [0.3, 0.4) is 0 Å². The lowest BCUT2D eigenvalue weighted by atomic mass is 9.85. The Morgan fingerprint density at radius 2 is 1.19 bits per heavy atom. The average molecular weight is 296 g/mol. The maximum atomic E-state index is 2.38. The van der Waals surface area contributed by atoms with Gasteiger partial charge in [-0.15, -0.1) is 11.3 Å². The van der Waals surface area contributed by atoms with Gasteiger partial charge >= 0.3 is 0 Å². The van der Waals surface area contributed by atoms with Crippen molar-refractivity contribution in [2.75, 3.05) is 0 Å². The minimum Gasteiger partial charge on any atom is -0.135 e. The molecule has 0 saturated carbocycles. The summed E-state index contributed by atoms with van der Waals surface area (Å²) in [6.07, 6.45) is 0. The Morgan fingerprint density at radius 1 is 0.619 bits per heavy atom. The van der Waals surface area contributed by atoms with Crippen molar-refractivity contribution in [1.29, 1.82) is 0 Å². The van der Waals surface area contributed by atoms with E-state index in [1.54, 1.807) is 0 Å². The third-order valence-electron chi connectivity index (χ3n) is 4.20. The van der Waals surface area contributed by atoms with Gasteiger partial charge in [0.05, 0.1) is 0 Å². The number of benzene rings is 2. The van der Waals surface area contributed by atoms with Gasteiger partial charge in [0.15, 0.2) is 0 Å². The average Bonchev–Trinajstić information content (AvgIpc) is 2.73. The predicted molar refractivity (Wildman–Crippen MR) is 96.7 cm³/mol. The van der Waals surface area contributed by atoms with E-state index in [1.165, 1.54) is 31.3 Å². The van der Waals surface area contributed by atoms with Gasteiger partial charge in [0, 0.05) is 20.2 Å². The van der Waals surface area contributed by atoms with Crippen LogP contribution < -0.4 is 0 Å². The minimum atomic E-state index is 0.202. The molecule has 0 aliphatic carbocycles. The van der Waals surface area contributed by atoms with Crippen LogP contribution in [0.25, 0.3) is 20.2 Å². The van der Waals surface area contributed by atoms with Crippen molar-refractivity contribution in [3.8, 4) is 0 Å². The van der Waals surface area contributed by atoms with Crippen LogP contribution >= 0.6 is 11.3 Å². The Morgan fingerprint density at radius 3 is 1.81 bits per heavy atom. The standard InChI is InChI=1S/C20H24S/c1-19(2,3)13-8-10-17-16(11-13)15-9-7-14(20(4,5)6)12-18(15)21-17/h7-12H,1-6H3. The summed E-state index contributed by atoms with van der Waals surface area (Å²) in [4.78, 5) is 0. The molecule has 0 spiro atoms. The molecule has 1 heteroatoms. The van der Waals surface area contributed by atoms with Crippen molar-refractivity contribution in [2.45, 2.75) is 52.4 Å². The summed E-state index contributed by atoms with van der Waals surface area (Å²) < 4.78 is 2.80. The number of hydrogen-bond acceptors (Lipinski definition) is 1. The molecule has 2 aromatic carbocycles. The fourth-order valence-corrected chi connectivity index (χ4v) is 3.84. The topological polar surface area (TPSA) is 0 Å². The lowest BCUT2D eigenvalue weighted by Crippen LogP contribution is -2.10. The van der Waals surface area contributed by atoms with E-state index < -0.39 is 0 Å². The van der Waals surface area contributed by atoms with E-state index in [4.69, 9.17) is 0 Å². The molecule has 1 heterocycles. The Kier molecular flexibility index (Phi) is 3.18. The van der Waals surface area contributed by atoms with Crippen molar-refractivity contribution < 1.29 is 0 Å². The van der Waals surface area contributed by atoms with Crippen LogP contribution in [-0.4, -0.2) is 0 Å². The van der Waals surface area contributed by atoms with Gasteiger partial charge in [0.25, 0.3) is 0 Å². The van der Waals surface area contributed by atoms with Gasteiger partial charge in [-0.05, 0) is 40.2 Å². The predicted octanol–water partition coefficient (Wildman–Crippen LogP) is 6.65. The van der Waals surface area contributed by atoms with Crippen molar-refractivity contribution in [1.82, 2.24) is 0 Å². The summed E-state index contributed by atoms with van der Waals surface area (Å²) in [6.45, 7) is 13.7. The van der Waals surface area contributed by atoms with E-state index in [9.17, 15) is 0 Å². The van der Waals surface area contributed by atoms with Crippen molar-refractivity contribution in [3.05, 3.63) is 47.5 Å². The Hall–Kier alpha value is -1.34. The smallest absolute Gasteiger partial charge is 0.0358 e. The second-order valence-electron chi connectivity index (χ2n) is 8.02. The first-order chi connectivity index (χ1) is 9.66. The highest BCUT2D eigenvalue weighted by atomic mass is 32.1. The van der Waals surface area contributed by atoms with Gasteiger partial charge < -0.3 is 0 Å². The molecule has 0 unspecified atom stereocenters. The molecular weight excluding hydrogens is 272 g/mol. The lowest BCUT2D eigenvalue weighted by molar-refractivity contribution is 0.591. The summed E-state index contributed by atoms with van der Waals surface area (Å²) in [5.74, 6) is 0. The highest BCUT2D eigenvalue weighted by molar-refractivity contribution is 7.25. The van der Waals surface area contributed by atoms with Gasteiger partial charge in [0.2, 0.25) is 0 Å². The van der Waals surface area contributed by atoms with Crippen LogP contribution in [0.5, 0.6) is 0 Å². The van der Waals surface area contributed by atoms with E-state index in [0.29, 0.717) is 0 Å². The third-order valence-corrected chi connectivity index (χ3v) is 5.34. The summed E-state index contributed by atoms with van der Waals surface area (Å²) in [5, 5.41) is 2.80. The second-order valence-corrected chi connectivity index (χ2v) is 9.11. The molecule has 1 aromatic heterocycles. The van der Waals surface area contributed by atoms with Gasteiger partial charge in [-0.25, -0.2) is 0 Å². The van der Waals surface area contributed by atoms with Gasteiger partial charge in [0.1, 0.15) is 0 Å². The second kappa shape index (κ2) is 4.58. The monoisotopic (exact) mass is 296 g/mol. The summed E-state index contributed by atoms with van der Waals surface area (Å²) in [5.41, 5.74) is 3.24. The molecule has 0 radical (unpaired) electrons. The quantitative estimate of drug-likeness (QED) is 0.435. The van der Waals surface area contributed by atoms with Crippen molar-refractivity contribution in [2.24, 2.45) is 0 Å². The number of thiophene rings is 1. The Balaban J connectivity index is 2.26. The maximum Gasteiger partial charge on any atom is 0.0358 e. The van der Waals surface area contributed by atoms with Crippen LogP contribution in [0.15, 0.2) is 36.4 Å². The molecule has 0 atom stereocenters. The zero-order valence-electron chi connectivity index (χ0n) is 13.9. The largest absolute Gasteiger partial charge is 0.135 e. The molecule has 21 heavy (non-hydrogen) atoms. The molecule has 0 bridgehead atoms. The maximum absolute atomic E-state index is 2.38. The molecule has 3 rings (SSSR count). The minimum absolute atomic E-state index is 0.202. The molecule has 3 aromatic rings. The van der Waals surface area contributed by atoms with Gasteiger partial charge in [-0.1, -0.05) is 59.7 Å². The summed E-state index contributed by atoms with van der Waals surface area (Å²) >= 11 is 1.91. The van der Waals surface area contributed by atoms with Crippen molar-refractivity contribution in [3.63, 3.8) is 0 Å². The van der Waals surface area contributed by atoms with E-state index >= 15 is 0 Å². The van der Waals surface area contributed by atoms with Crippen molar-refractivity contribution >= 4 is 31.5 Å². The SMILES string of the molecule is CC(C)(C)c1ccc2c(c1)sc1ccc(C(C)(C)C)cc12. The van der Waals surface area contributed by atoms with Crippen LogP contribution in [0.2, 0.25) is 0 Å². The zero-order chi connectivity index (χ0) is 15.4. The van der Waals surface area contributed by atoms with E-state index in [-0.39, 0.29) is 10.8 Å². The van der Waals surface area contributed by atoms with Crippen LogP contribution in [0, 0.1) is 0 Å². The number of hydrogen-bond donors (Lipinski definition) is 0. The first-order valence-corrected chi connectivity index (χ1v) is 8.45. The fraction of sp³-hybridized carbons (Fsp3) is 0.400. The molecule has 0 aliphatic rings. The number of fused-ring (bicyclic) bond motifs is 3. The normalized spacial score (nSPS) is 13.2. The van der Waals surface area contributed by atoms with E-state index in [0.717, 1.165) is 0 Å². The first-order valence-electron chi connectivity index (χ1n) is 7.63. The number of rotatable bonds is 0. The molecule has 0 N–H and O–H groups in total. The molecule has 0 saturated heterocycles. The highest BCUT2D eigenvalue weighted by Gasteiger charge is 2.17. The lowest BCUT2D eigenvalue weighted by Gasteiger charge is -2.19. The fourth-order valence-electron chi connectivity index (χ4n) is 2.71. The third kappa shape index (κ3) is 2.60. The molecule has 0 aliphatic heterocycles. The van der Waals surface area contributed by atoms with Gasteiger partial charge in [-0.2, -0.15) is 0 Å². The van der Waals surface area contributed by atoms with E-state index in [2.05, 4.69) is 77.9 Å². The molecule has 0 fully saturated rings. The molecular formula is C20H24S. The van der Waals surface area contributed by atoms with Crippen LogP contribution in [-0.2, 0) is 10.8 Å². The molecule has 0 amide bonds. The Bertz CT molecular complexity index is 807.